The summed E-state index contributed by atoms with van der Waals surface area (Å²) in [6.07, 6.45) is 2.28. The number of amides is 2. The van der Waals surface area contributed by atoms with Crippen LogP contribution in [0.15, 0.2) is 18.2 Å². The van der Waals surface area contributed by atoms with E-state index < -0.39 is 6.04 Å². The van der Waals surface area contributed by atoms with E-state index in [0.717, 1.165) is 31.5 Å². The fourth-order valence-electron chi connectivity index (χ4n) is 4.02. The van der Waals surface area contributed by atoms with Crippen LogP contribution in [0.5, 0.6) is 11.5 Å². The minimum absolute atomic E-state index is 0.0663. The third kappa shape index (κ3) is 4.58. The van der Waals surface area contributed by atoms with Crippen LogP contribution in [0.2, 0.25) is 0 Å². The highest BCUT2D eigenvalue weighted by molar-refractivity contribution is 5.88. The Morgan fingerprint density at radius 1 is 1.18 bits per heavy atom. The molecule has 1 aromatic rings. The zero-order valence-corrected chi connectivity index (χ0v) is 17.1. The second kappa shape index (κ2) is 9.28. The van der Waals surface area contributed by atoms with E-state index in [0.29, 0.717) is 37.1 Å². The van der Waals surface area contributed by atoms with Gasteiger partial charge in [0.2, 0.25) is 11.8 Å². The molecule has 0 aromatic heterocycles. The van der Waals surface area contributed by atoms with Crippen LogP contribution in [-0.4, -0.2) is 68.1 Å². The summed E-state index contributed by atoms with van der Waals surface area (Å²) in [5, 5.41) is 2.91. The Morgan fingerprint density at radius 3 is 2.61 bits per heavy atom. The lowest BCUT2D eigenvalue weighted by Crippen LogP contribution is -2.56. The summed E-state index contributed by atoms with van der Waals surface area (Å²) in [5.41, 5.74) is 0.945. The summed E-state index contributed by atoms with van der Waals surface area (Å²) >= 11 is 0. The molecule has 1 atom stereocenters. The minimum atomic E-state index is -0.462. The van der Waals surface area contributed by atoms with Crippen molar-refractivity contribution in [2.75, 3.05) is 40.4 Å². The molecule has 0 aliphatic carbocycles. The molecule has 0 spiro atoms. The van der Waals surface area contributed by atoms with Gasteiger partial charge in [-0.3, -0.25) is 14.5 Å². The summed E-state index contributed by atoms with van der Waals surface area (Å²) in [5.74, 6) is 1.99. The number of rotatable bonds is 6. The molecular formula is C21H31N3O4. The molecule has 2 aliphatic heterocycles. The van der Waals surface area contributed by atoms with Crippen molar-refractivity contribution in [1.82, 2.24) is 15.1 Å². The lowest BCUT2D eigenvalue weighted by atomic mass is 9.98. The number of hydrogen-bond acceptors (Lipinski definition) is 5. The quantitative estimate of drug-likeness (QED) is 0.801. The molecule has 0 bridgehead atoms. The molecule has 2 amide bonds. The van der Waals surface area contributed by atoms with Crippen LogP contribution < -0.4 is 14.8 Å². The van der Waals surface area contributed by atoms with Crippen LogP contribution in [-0.2, 0) is 16.1 Å². The SMILES string of the molecule is COc1cccc(CN2CCNC(=O)[C@@H]2CC(=O)N2CCC(C)CC2)c1OC. The normalized spacial score (nSPS) is 21.3. The van der Waals surface area contributed by atoms with Gasteiger partial charge in [0.25, 0.3) is 0 Å². The highest BCUT2D eigenvalue weighted by Gasteiger charge is 2.34. The molecule has 7 nitrogen and oxygen atoms in total. The first kappa shape index (κ1) is 20.5. The number of benzene rings is 1. The van der Waals surface area contributed by atoms with Crippen molar-refractivity contribution < 1.29 is 19.1 Å². The van der Waals surface area contributed by atoms with Crippen molar-refractivity contribution in [3.05, 3.63) is 23.8 Å². The van der Waals surface area contributed by atoms with E-state index >= 15 is 0 Å². The maximum Gasteiger partial charge on any atom is 0.237 e. The number of nitrogens with one attached hydrogen (secondary N) is 1. The zero-order valence-electron chi connectivity index (χ0n) is 17.1. The molecule has 1 aromatic carbocycles. The highest BCUT2D eigenvalue weighted by Crippen LogP contribution is 2.32. The summed E-state index contributed by atoms with van der Waals surface area (Å²) in [7, 11) is 3.22. The van der Waals surface area contributed by atoms with Crippen molar-refractivity contribution in [2.24, 2.45) is 5.92 Å². The van der Waals surface area contributed by atoms with Gasteiger partial charge in [0.15, 0.2) is 11.5 Å². The Bertz CT molecular complexity index is 701. The van der Waals surface area contributed by atoms with Gasteiger partial charge in [-0.1, -0.05) is 19.1 Å². The standard InChI is InChI=1S/C21H31N3O4/c1-15-7-10-23(11-8-15)19(25)13-17-21(26)22-9-12-24(17)14-16-5-4-6-18(27-2)20(16)28-3/h4-6,15,17H,7-14H2,1-3H3,(H,22,26)/t17-/m0/s1. The topological polar surface area (TPSA) is 71.1 Å². The maximum absolute atomic E-state index is 12.8. The van der Waals surface area contributed by atoms with E-state index in [9.17, 15) is 9.59 Å². The molecule has 0 saturated carbocycles. The van der Waals surface area contributed by atoms with Gasteiger partial charge in [0.1, 0.15) is 0 Å². The third-order valence-electron chi connectivity index (χ3n) is 5.80. The number of nitrogens with zero attached hydrogens (tertiary/aromatic N) is 2. The molecule has 154 valence electrons. The molecular weight excluding hydrogens is 358 g/mol. The molecule has 2 saturated heterocycles. The monoisotopic (exact) mass is 389 g/mol. The van der Waals surface area contributed by atoms with Crippen LogP contribution >= 0.6 is 0 Å². The van der Waals surface area contributed by atoms with Crippen molar-refractivity contribution in [2.45, 2.75) is 38.8 Å². The first-order valence-corrected chi connectivity index (χ1v) is 10.0. The maximum atomic E-state index is 12.8. The number of para-hydroxylation sites is 1. The molecule has 7 heteroatoms. The zero-order chi connectivity index (χ0) is 20.1. The molecule has 3 rings (SSSR count). The number of methoxy groups -OCH3 is 2. The fourth-order valence-corrected chi connectivity index (χ4v) is 4.02. The van der Waals surface area contributed by atoms with Gasteiger partial charge in [0.05, 0.1) is 26.7 Å². The van der Waals surface area contributed by atoms with Crippen LogP contribution in [0.3, 0.4) is 0 Å². The van der Waals surface area contributed by atoms with Crippen LogP contribution in [0.1, 0.15) is 31.7 Å². The van der Waals surface area contributed by atoms with Gasteiger partial charge in [-0.25, -0.2) is 0 Å². The lowest BCUT2D eigenvalue weighted by molar-refractivity contribution is -0.140. The molecule has 0 unspecified atom stereocenters. The highest BCUT2D eigenvalue weighted by atomic mass is 16.5. The van der Waals surface area contributed by atoms with E-state index in [-0.39, 0.29) is 18.2 Å². The van der Waals surface area contributed by atoms with Crippen LogP contribution in [0.4, 0.5) is 0 Å². The molecule has 2 aliphatic rings. The van der Waals surface area contributed by atoms with E-state index in [2.05, 4.69) is 17.1 Å². The summed E-state index contributed by atoms with van der Waals surface area (Å²) in [6.45, 7) is 5.61. The third-order valence-corrected chi connectivity index (χ3v) is 5.80. The first-order valence-electron chi connectivity index (χ1n) is 10.0. The van der Waals surface area contributed by atoms with Gasteiger partial charge >= 0.3 is 0 Å². The second-order valence-electron chi connectivity index (χ2n) is 7.70. The fraction of sp³-hybridized carbons (Fsp3) is 0.619. The van der Waals surface area contributed by atoms with Gasteiger partial charge in [-0.2, -0.15) is 0 Å². The molecule has 2 heterocycles. The number of carbonyl (C=O) groups excluding carboxylic acids is 2. The Hall–Kier alpha value is -2.28. The van der Waals surface area contributed by atoms with Crippen LogP contribution in [0, 0.1) is 5.92 Å². The van der Waals surface area contributed by atoms with Crippen molar-refractivity contribution in [3.8, 4) is 11.5 Å². The Morgan fingerprint density at radius 2 is 1.93 bits per heavy atom. The predicted octanol–water partition coefficient (Wildman–Crippen LogP) is 1.65. The summed E-state index contributed by atoms with van der Waals surface area (Å²) in [6, 6.07) is 5.27. The summed E-state index contributed by atoms with van der Waals surface area (Å²) in [4.78, 5) is 29.4. The molecule has 1 N–H and O–H groups in total. The molecule has 2 fully saturated rings. The van der Waals surface area contributed by atoms with Crippen molar-refractivity contribution in [1.29, 1.82) is 0 Å². The van der Waals surface area contributed by atoms with E-state index in [1.165, 1.54) is 0 Å². The molecule has 28 heavy (non-hydrogen) atoms. The number of carbonyl (C=O) groups is 2. The van der Waals surface area contributed by atoms with Gasteiger partial charge in [-0.15, -0.1) is 0 Å². The largest absolute Gasteiger partial charge is 0.493 e. The average molecular weight is 389 g/mol. The first-order chi connectivity index (χ1) is 13.5. The Balaban J connectivity index is 1.72. The minimum Gasteiger partial charge on any atom is -0.493 e. The predicted molar refractivity (Wildman–Crippen MR) is 106 cm³/mol. The van der Waals surface area contributed by atoms with E-state index in [1.807, 2.05) is 23.1 Å². The number of likely N-dealkylation sites (tertiary alicyclic amines) is 1. The van der Waals surface area contributed by atoms with E-state index in [1.54, 1.807) is 14.2 Å². The number of hydrogen-bond donors (Lipinski definition) is 1. The second-order valence-corrected chi connectivity index (χ2v) is 7.70. The smallest absolute Gasteiger partial charge is 0.237 e. The number of piperazine rings is 1. The lowest BCUT2D eigenvalue weighted by Gasteiger charge is -2.37. The van der Waals surface area contributed by atoms with Gasteiger partial charge < -0.3 is 19.7 Å². The Kier molecular flexibility index (Phi) is 6.78. The number of piperidine rings is 1. The Labute approximate surface area is 167 Å². The van der Waals surface area contributed by atoms with E-state index in [4.69, 9.17) is 9.47 Å². The average Bonchev–Trinajstić information content (AvgIpc) is 2.70. The van der Waals surface area contributed by atoms with Crippen molar-refractivity contribution in [3.63, 3.8) is 0 Å². The van der Waals surface area contributed by atoms with Crippen LogP contribution in [0.25, 0.3) is 0 Å². The van der Waals surface area contributed by atoms with Crippen molar-refractivity contribution >= 4 is 11.8 Å². The van der Waals surface area contributed by atoms with Gasteiger partial charge in [-0.05, 0) is 24.8 Å². The molecule has 0 radical (unpaired) electrons. The number of ether oxygens (including phenoxy) is 2. The van der Waals surface area contributed by atoms with Gasteiger partial charge in [0, 0.05) is 38.3 Å². The summed E-state index contributed by atoms with van der Waals surface area (Å²) < 4.78 is 10.9.